The zero-order chi connectivity index (χ0) is 16.8. The van der Waals surface area contributed by atoms with Crippen LogP contribution in [0.2, 0.25) is 0 Å². The number of alkyl halides is 3. The number of nitrogens with one attached hydrogen (secondary N) is 1. The zero-order valence-corrected chi connectivity index (χ0v) is 12.9. The van der Waals surface area contributed by atoms with Gasteiger partial charge in [-0.15, -0.1) is 0 Å². The Morgan fingerprint density at radius 1 is 1.26 bits per heavy atom. The molecule has 0 unspecified atom stereocenters. The monoisotopic (exact) mass is 328 g/mol. The summed E-state index contributed by atoms with van der Waals surface area (Å²) < 4.78 is 43.4. The van der Waals surface area contributed by atoms with Gasteiger partial charge in [-0.3, -0.25) is 4.79 Å². The largest absolute Gasteiger partial charge is 0.416 e. The molecule has 126 valence electrons. The number of halogens is 3. The normalized spacial score (nSPS) is 30.0. The van der Waals surface area contributed by atoms with Crippen LogP contribution < -0.4 is 5.32 Å². The van der Waals surface area contributed by atoms with Crippen LogP contribution in [-0.4, -0.2) is 49.7 Å². The summed E-state index contributed by atoms with van der Waals surface area (Å²) in [6.45, 7) is 0.687. The number of hydrogen-bond acceptors (Lipinski definition) is 3. The van der Waals surface area contributed by atoms with Gasteiger partial charge in [0.15, 0.2) is 0 Å². The molecular formula is C16H19F3N2O2. The highest BCUT2D eigenvalue weighted by molar-refractivity contribution is 5.94. The van der Waals surface area contributed by atoms with E-state index < -0.39 is 11.7 Å². The van der Waals surface area contributed by atoms with E-state index in [1.54, 1.807) is 0 Å². The molecule has 0 radical (unpaired) electrons. The second-order valence-corrected chi connectivity index (χ2v) is 6.32. The van der Waals surface area contributed by atoms with Gasteiger partial charge in [0.05, 0.1) is 23.8 Å². The van der Waals surface area contributed by atoms with Crippen LogP contribution in [0.15, 0.2) is 24.3 Å². The van der Waals surface area contributed by atoms with Crippen LogP contribution in [0.4, 0.5) is 13.2 Å². The average molecular weight is 328 g/mol. The third kappa shape index (κ3) is 2.95. The van der Waals surface area contributed by atoms with E-state index in [4.69, 9.17) is 4.74 Å². The number of carbonyl (C=O) groups excluding carboxylic acids is 1. The van der Waals surface area contributed by atoms with Gasteiger partial charge in [0.25, 0.3) is 5.91 Å². The van der Waals surface area contributed by atoms with Crippen LogP contribution in [0.3, 0.4) is 0 Å². The molecule has 7 heteroatoms. The first kappa shape index (κ1) is 16.3. The van der Waals surface area contributed by atoms with Crippen molar-refractivity contribution in [3.8, 4) is 0 Å². The van der Waals surface area contributed by atoms with E-state index in [9.17, 15) is 18.0 Å². The minimum absolute atomic E-state index is 0.0349. The van der Waals surface area contributed by atoms with Crippen LogP contribution in [0.25, 0.3) is 0 Å². The molecule has 3 rings (SSSR count). The lowest BCUT2D eigenvalue weighted by atomic mass is 9.71. The topological polar surface area (TPSA) is 41.6 Å². The lowest BCUT2D eigenvalue weighted by molar-refractivity contribution is -0.137. The molecule has 1 amide bonds. The molecular weight excluding hydrogens is 309 g/mol. The second kappa shape index (κ2) is 5.79. The maximum absolute atomic E-state index is 12.6. The number of ether oxygens (including phenoxy) is 1. The van der Waals surface area contributed by atoms with Crippen LogP contribution in [0, 0.1) is 5.92 Å². The third-order valence-corrected chi connectivity index (χ3v) is 4.72. The van der Waals surface area contributed by atoms with Crippen molar-refractivity contribution in [2.45, 2.75) is 30.8 Å². The number of carbonyl (C=O) groups is 1. The summed E-state index contributed by atoms with van der Waals surface area (Å²) in [5, 5.41) is 2.95. The minimum atomic E-state index is -4.40. The fraction of sp³-hybridized carbons (Fsp3) is 0.562. The number of amides is 1. The number of benzene rings is 1. The Kier molecular flexibility index (Phi) is 4.10. The number of rotatable bonds is 3. The molecule has 1 aliphatic heterocycles. The number of nitrogens with zero attached hydrogens (tertiary/aromatic N) is 1. The Hall–Kier alpha value is -1.60. The molecule has 23 heavy (non-hydrogen) atoms. The van der Waals surface area contributed by atoms with Gasteiger partial charge in [0.2, 0.25) is 0 Å². The van der Waals surface area contributed by atoms with Gasteiger partial charge in [-0.2, -0.15) is 13.2 Å². The molecule has 0 spiro atoms. The Morgan fingerprint density at radius 2 is 1.91 bits per heavy atom. The van der Waals surface area contributed by atoms with Crippen molar-refractivity contribution in [2.24, 2.45) is 5.92 Å². The van der Waals surface area contributed by atoms with Gasteiger partial charge < -0.3 is 15.0 Å². The van der Waals surface area contributed by atoms with E-state index in [0.717, 1.165) is 18.6 Å². The minimum Gasteiger partial charge on any atom is -0.376 e. The molecule has 1 aromatic carbocycles. The quantitative estimate of drug-likeness (QED) is 0.924. The summed E-state index contributed by atoms with van der Waals surface area (Å²) in [5.41, 5.74) is -0.522. The molecule has 1 aromatic rings. The maximum Gasteiger partial charge on any atom is 0.416 e. The highest BCUT2D eigenvalue weighted by atomic mass is 19.4. The summed E-state index contributed by atoms with van der Waals surface area (Å²) in [5.74, 6) is -0.0678. The number of fused-ring (bicyclic) bond motifs is 1. The Morgan fingerprint density at radius 3 is 2.48 bits per heavy atom. The molecule has 0 aromatic heterocycles. The predicted molar refractivity (Wildman–Crippen MR) is 78.0 cm³/mol. The zero-order valence-electron chi connectivity index (χ0n) is 12.9. The molecule has 4 nitrogen and oxygen atoms in total. The van der Waals surface area contributed by atoms with Crippen molar-refractivity contribution < 1.29 is 22.7 Å². The van der Waals surface area contributed by atoms with Crippen molar-refractivity contribution in [3.05, 3.63) is 35.4 Å². The summed E-state index contributed by atoms with van der Waals surface area (Å²) in [6.07, 6.45) is -3.37. The van der Waals surface area contributed by atoms with Gasteiger partial charge in [0, 0.05) is 18.1 Å². The summed E-state index contributed by atoms with van der Waals surface area (Å²) in [6, 6.07) is 4.35. The van der Waals surface area contributed by atoms with Crippen molar-refractivity contribution in [1.29, 1.82) is 0 Å². The lowest BCUT2D eigenvalue weighted by Crippen LogP contribution is -2.69. The molecule has 2 aliphatic rings. The summed E-state index contributed by atoms with van der Waals surface area (Å²) >= 11 is 0. The molecule has 0 bridgehead atoms. The second-order valence-electron chi connectivity index (χ2n) is 6.32. The summed E-state index contributed by atoms with van der Waals surface area (Å²) in [7, 11) is 3.86. The van der Waals surface area contributed by atoms with E-state index >= 15 is 0 Å². The Bertz CT molecular complexity index is 586. The molecule has 2 fully saturated rings. The van der Waals surface area contributed by atoms with Crippen molar-refractivity contribution >= 4 is 5.91 Å². The number of likely N-dealkylation sites (N-methyl/N-ethyl adjacent to an activating group) is 1. The maximum atomic E-state index is 12.6. The van der Waals surface area contributed by atoms with E-state index in [1.165, 1.54) is 12.1 Å². The molecule has 1 aliphatic carbocycles. The van der Waals surface area contributed by atoms with E-state index in [0.29, 0.717) is 6.61 Å². The standard InChI is InChI=1S/C16H19F3N2O2/c1-21(2)13-12(11-7-8-23-14(11)13)20-15(22)9-3-5-10(6-4-9)16(17,18)19/h3-6,11-14H,7-8H2,1-2H3,(H,20,22)/t11-,12+,13-,14-/m1/s1. The highest BCUT2D eigenvalue weighted by Gasteiger charge is 2.55. The first-order chi connectivity index (χ1) is 10.8. The molecule has 1 N–H and O–H groups in total. The van der Waals surface area contributed by atoms with E-state index in [1.807, 2.05) is 19.0 Å². The first-order valence-corrected chi connectivity index (χ1v) is 7.55. The SMILES string of the molecule is CN(C)[C@@H]1[C@@H](NC(=O)c2ccc(C(F)(F)F)cc2)[C@H]2CCO[C@H]21. The van der Waals surface area contributed by atoms with Gasteiger partial charge >= 0.3 is 6.18 Å². The lowest BCUT2D eigenvalue weighted by Gasteiger charge is -2.50. The van der Waals surface area contributed by atoms with Gasteiger partial charge in [-0.1, -0.05) is 0 Å². The van der Waals surface area contributed by atoms with Crippen LogP contribution >= 0.6 is 0 Å². The third-order valence-electron chi connectivity index (χ3n) is 4.72. The fourth-order valence-corrected chi connectivity index (χ4v) is 3.53. The smallest absolute Gasteiger partial charge is 0.376 e. The Balaban J connectivity index is 1.69. The molecule has 4 atom stereocenters. The number of hydrogen-bond donors (Lipinski definition) is 1. The van der Waals surface area contributed by atoms with Crippen LogP contribution in [0.5, 0.6) is 0 Å². The molecule has 1 saturated heterocycles. The van der Waals surface area contributed by atoms with Crippen LogP contribution in [0.1, 0.15) is 22.3 Å². The first-order valence-electron chi connectivity index (χ1n) is 7.55. The van der Waals surface area contributed by atoms with Crippen molar-refractivity contribution in [2.75, 3.05) is 20.7 Å². The molecule has 1 saturated carbocycles. The van der Waals surface area contributed by atoms with Crippen molar-refractivity contribution in [1.82, 2.24) is 10.2 Å². The van der Waals surface area contributed by atoms with Gasteiger partial charge in [-0.25, -0.2) is 0 Å². The predicted octanol–water partition coefficient (Wildman–Crippen LogP) is 2.15. The van der Waals surface area contributed by atoms with Gasteiger partial charge in [0.1, 0.15) is 0 Å². The summed E-state index contributed by atoms with van der Waals surface area (Å²) in [4.78, 5) is 14.3. The van der Waals surface area contributed by atoms with E-state index in [-0.39, 0.29) is 35.6 Å². The van der Waals surface area contributed by atoms with Crippen LogP contribution in [-0.2, 0) is 10.9 Å². The fourth-order valence-electron chi connectivity index (χ4n) is 3.53. The highest BCUT2D eigenvalue weighted by Crippen LogP contribution is 2.41. The van der Waals surface area contributed by atoms with Crippen molar-refractivity contribution in [3.63, 3.8) is 0 Å². The average Bonchev–Trinajstić information content (AvgIpc) is 2.87. The molecule has 1 heterocycles. The van der Waals surface area contributed by atoms with E-state index in [2.05, 4.69) is 5.32 Å². The van der Waals surface area contributed by atoms with Gasteiger partial charge in [-0.05, 0) is 44.8 Å². The Labute approximate surface area is 132 Å².